The number of halogens is 7. The molecule has 3 aliphatic carbocycles. The molecule has 0 saturated heterocycles. The van der Waals surface area contributed by atoms with Gasteiger partial charge in [-0.3, -0.25) is 28.2 Å². The minimum absolute atomic E-state index is 0.0237. The molecule has 4 aromatic heterocycles. The number of alkyl halides is 4. The van der Waals surface area contributed by atoms with E-state index in [9.17, 15) is 31.4 Å². The maximum absolute atomic E-state index is 15.7. The molecule has 2 aromatic carbocycles. The normalized spacial score (nSPS) is 18.9. The third kappa shape index (κ3) is 7.61. The highest BCUT2D eigenvalue weighted by Crippen LogP contribution is 2.69. The molecule has 0 spiro atoms. The summed E-state index contributed by atoms with van der Waals surface area (Å²) in [5.74, 6) is -10.4. The molecule has 6 aromatic rings. The molecular formula is C40H36ClF6N9O4S. The fourth-order valence-corrected chi connectivity index (χ4v) is 8.97. The number of hydrogen-bond acceptors (Lipinski definition) is 8. The Labute approximate surface area is 350 Å². The van der Waals surface area contributed by atoms with Crippen molar-refractivity contribution in [3.8, 4) is 11.6 Å². The minimum Gasteiger partial charge on any atom is -0.477 e. The van der Waals surface area contributed by atoms with Crippen molar-refractivity contribution >= 4 is 56.2 Å². The van der Waals surface area contributed by atoms with Crippen LogP contribution in [0.25, 0.3) is 27.6 Å². The Morgan fingerprint density at radius 2 is 1.84 bits per heavy atom. The molecule has 0 bridgehead atoms. The molecule has 320 valence electrons. The number of carbonyl (C=O) groups excluding carboxylic acids is 1. The lowest BCUT2D eigenvalue weighted by Gasteiger charge is -2.24. The van der Waals surface area contributed by atoms with Crippen LogP contribution in [0.5, 0.6) is 5.88 Å². The number of anilines is 1. The highest BCUT2D eigenvalue weighted by atomic mass is 35.5. The summed E-state index contributed by atoms with van der Waals surface area (Å²) in [5.41, 5.74) is 0.129. The Kier molecular flexibility index (Phi) is 9.95. The van der Waals surface area contributed by atoms with Gasteiger partial charge in [-0.25, -0.2) is 26.8 Å². The molecule has 9 rings (SSSR count). The highest BCUT2D eigenvalue weighted by molar-refractivity contribution is 7.85. The van der Waals surface area contributed by atoms with Crippen LogP contribution in [-0.4, -0.2) is 63.0 Å². The van der Waals surface area contributed by atoms with Crippen LogP contribution >= 0.6 is 11.6 Å². The minimum atomic E-state index is -3.21. The maximum atomic E-state index is 15.7. The van der Waals surface area contributed by atoms with E-state index in [1.165, 1.54) is 35.2 Å². The van der Waals surface area contributed by atoms with Gasteiger partial charge in [-0.1, -0.05) is 11.6 Å². The second-order valence-corrected chi connectivity index (χ2v) is 17.4. The summed E-state index contributed by atoms with van der Waals surface area (Å²) in [4.78, 5) is 38.2. The van der Waals surface area contributed by atoms with Crippen LogP contribution in [0.4, 0.5) is 32.2 Å². The lowest BCUT2D eigenvalue weighted by atomic mass is 10.0. The lowest BCUT2D eigenvalue weighted by molar-refractivity contribution is -0.123. The van der Waals surface area contributed by atoms with Crippen molar-refractivity contribution < 1.29 is 40.1 Å². The molecule has 13 nitrogen and oxygen atoms in total. The number of fused-ring (bicyclic) bond motifs is 5. The zero-order chi connectivity index (χ0) is 43.3. The Morgan fingerprint density at radius 1 is 1.10 bits per heavy atom. The first-order chi connectivity index (χ1) is 28.9. The summed E-state index contributed by atoms with van der Waals surface area (Å²) in [6, 6.07) is 6.85. The summed E-state index contributed by atoms with van der Waals surface area (Å²) in [6.45, 7) is -0.363. The number of aromatic nitrogens is 7. The molecule has 4 unspecified atom stereocenters. The smallest absolute Gasteiger partial charge is 0.293 e. The maximum Gasteiger partial charge on any atom is 0.293 e. The van der Waals surface area contributed by atoms with E-state index >= 15 is 8.78 Å². The van der Waals surface area contributed by atoms with E-state index in [2.05, 4.69) is 25.2 Å². The summed E-state index contributed by atoms with van der Waals surface area (Å²) in [7, 11) is -0.0615. The second kappa shape index (κ2) is 14.8. The van der Waals surface area contributed by atoms with Crippen LogP contribution < -0.4 is 20.3 Å². The second-order valence-electron chi connectivity index (χ2n) is 15.9. The van der Waals surface area contributed by atoms with Crippen molar-refractivity contribution in [2.24, 2.45) is 13.0 Å². The third-order valence-corrected chi connectivity index (χ3v) is 11.9. The van der Waals surface area contributed by atoms with E-state index in [1.54, 1.807) is 7.05 Å². The first kappa shape index (κ1) is 40.9. The van der Waals surface area contributed by atoms with Crippen LogP contribution in [-0.2, 0) is 41.7 Å². The van der Waals surface area contributed by atoms with Crippen LogP contribution in [0, 0.1) is 17.6 Å². The summed E-state index contributed by atoms with van der Waals surface area (Å²) < 4.78 is 112. The van der Waals surface area contributed by atoms with Crippen molar-refractivity contribution in [1.29, 1.82) is 0 Å². The van der Waals surface area contributed by atoms with Gasteiger partial charge in [-0.05, 0) is 68.0 Å². The van der Waals surface area contributed by atoms with Gasteiger partial charge in [0.2, 0.25) is 17.7 Å². The first-order valence-corrected chi connectivity index (χ1v) is 21.2. The molecule has 4 atom stereocenters. The number of ether oxygens (including phenoxy) is 1. The standard InChI is InChI=1S/C40H36ClF6N9O4S/c1-39(44,45)10-11-60-29-9-6-22-35(49-29)50-37(56(38(22)58)27-8-7-25(41)31-33(27)54(2)52-36(31)53-61(3)59)26(14-18-12-20(42)15-21(43)13-18)48-28(57)17-55-34-30(32(51-55)19-4-5-19)23-16-24(23)40(34,46)47/h6-9,12-13,15,19,23-24,26H,4-5,10-11,14,16-17H2,1-3H3,(H,48,57)(H,52,53). The van der Waals surface area contributed by atoms with E-state index in [0.29, 0.717) is 23.7 Å². The van der Waals surface area contributed by atoms with Crippen molar-refractivity contribution in [3.05, 3.63) is 97.8 Å². The topological polar surface area (TPSA) is 151 Å². The van der Waals surface area contributed by atoms with Gasteiger partial charge >= 0.3 is 0 Å². The molecule has 4 heterocycles. The fraction of sp³-hybridized carbons (Fsp3) is 0.400. The Balaban J connectivity index is 1.21. The van der Waals surface area contributed by atoms with E-state index in [1.807, 2.05) is 0 Å². The van der Waals surface area contributed by atoms with Crippen molar-refractivity contribution in [2.45, 2.75) is 75.3 Å². The van der Waals surface area contributed by atoms with E-state index in [4.69, 9.17) is 21.3 Å². The molecule has 1 amide bonds. The summed E-state index contributed by atoms with van der Waals surface area (Å²) >= 11 is 6.67. The van der Waals surface area contributed by atoms with Gasteiger partial charge in [-0.2, -0.15) is 24.0 Å². The Bertz CT molecular complexity index is 2860. The quantitative estimate of drug-likeness (QED) is 0.110. The molecule has 2 N–H and O–H groups in total. The highest BCUT2D eigenvalue weighted by Gasteiger charge is 2.67. The number of pyridine rings is 1. The summed E-state index contributed by atoms with van der Waals surface area (Å²) in [6.07, 6.45) is 2.27. The fourth-order valence-electron chi connectivity index (χ4n) is 8.32. The monoisotopic (exact) mass is 887 g/mol. The molecule has 2 saturated carbocycles. The molecule has 3 aliphatic rings. The van der Waals surface area contributed by atoms with E-state index in [-0.39, 0.29) is 73.3 Å². The molecular weight excluding hydrogens is 852 g/mol. The molecule has 0 radical (unpaired) electrons. The van der Waals surface area contributed by atoms with Gasteiger partial charge in [0.05, 0.1) is 45.3 Å². The predicted molar refractivity (Wildman–Crippen MR) is 213 cm³/mol. The molecule has 0 aliphatic heterocycles. The van der Waals surface area contributed by atoms with Crippen molar-refractivity contribution in [2.75, 3.05) is 17.6 Å². The number of nitrogens with one attached hydrogen (secondary N) is 2. The molecule has 2 fully saturated rings. The van der Waals surface area contributed by atoms with Gasteiger partial charge in [0.1, 0.15) is 40.7 Å². The predicted octanol–water partition coefficient (Wildman–Crippen LogP) is 7.11. The van der Waals surface area contributed by atoms with Gasteiger partial charge in [0.25, 0.3) is 11.5 Å². The molecule has 21 heteroatoms. The number of amides is 1. The van der Waals surface area contributed by atoms with Gasteiger partial charge < -0.3 is 10.1 Å². The number of aryl methyl sites for hydroxylation is 1. The van der Waals surface area contributed by atoms with Crippen LogP contribution in [0.2, 0.25) is 5.02 Å². The Hall–Kier alpha value is -5.50. The summed E-state index contributed by atoms with van der Waals surface area (Å²) in [5, 5.41) is 12.1. The van der Waals surface area contributed by atoms with Crippen molar-refractivity contribution in [1.82, 2.24) is 39.4 Å². The lowest BCUT2D eigenvalue weighted by Crippen LogP contribution is -2.38. The zero-order valence-electron chi connectivity index (χ0n) is 32.6. The van der Waals surface area contributed by atoms with E-state index < -0.39 is 83.9 Å². The average molecular weight is 888 g/mol. The third-order valence-electron chi connectivity index (χ3n) is 11.1. The zero-order valence-corrected chi connectivity index (χ0v) is 34.2. The largest absolute Gasteiger partial charge is 0.477 e. The van der Waals surface area contributed by atoms with Gasteiger partial charge in [0, 0.05) is 55.7 Å². The number of hydrogen-bond donors (Lipinski definition) is 2. The van der Waals surface area contributed by atoms with Gasteiger partial charge in [-0.15, -0.1) is 0 Å². The Morgan fingerprint density at radius 3 is 2.52 bits per heavy atom. The number of benzene rings is 2. The van der Waals surface area contributed by atoms with Crippen LogP contribution in [0.15, 0.2) is 47.3 Å². The van der Waals surface area contributed by atoms with Gasteiger partial charge in [0.15, 0.2) is 11.5 Å². The number of rotatable bonds is 14. The number of nitrogens with zero attached hydrogens (tertiary/aromatic N) is 7. The van der Waals surface area contributed by atoms with E-state index in [0.717, 1.165) is 41.1 Å². The van der Waals surface area contributed by atoms with Crippen LogP contribution in [0.3, 0.4) is 0 Å². The SMILES string of the molecule is Cn1nc(NS(C)=O)c2c(Cl)ccc(-n3c(C(Cc4cc(F)cc(F)c4)NC(=O)Cn4nc(C5CC5)c5c4C(F)(F)C4CC54)nc4nc(OCCC(C)(F)F)ccc4c3=O)c21. The first-order valence-electron chi connectivity index (χ1n) is 19.3. The molecule has 61 heavy (non-hydrogen) atoms. The number of carbonyl (C=O) groups is 1. The average Bonchev–Trinajstić information content (AvgIpc) is 4.08. The van der Waals surface area contributed by atoms with Crippen LogP contribution in [0.1, 0.15) is 78.8 Å². The van der Waals surface area contributed by atoms with Crippen molar-refractivity contribution in [3.63, 3.8) is 0 Å².